The Morgan fingerprint density at radius 1 is 1.20 bits per heavy atom. The Morgan fingerprint density at radius 2 is 1.93 bits per heavy atom. The largest absolute Gasteiger partial charge is 0.297 e. The van der Waals surface area contributed by atoms with Gasteiger partial charge in [-0.3, -0.25) is 9.80 Å². The van der Waals surface area contributed by atoms with Gasteiger partial charge >= 0.3 is 0 Å². The van der Waals surface area contributed by atoms with Crippen LogP contribution in [0.3, 0.4) is 0 Å². The van der Waals surface area contributed by atoms with Crippen molar-refractivity contribution in [2.75, 3.05) is 32.7 Å². The third-order valence-electron chi connectivity index (χ3n) is 3.06. The number of nitrogens with zero attached hydrogens (tertiary/aromatic N) is 2. The average Bonchev–Trinajstić information content (AvgIpc) is 2.23. The van der Waals surface area contributed by atoms with Crippen LogP contribution in [0, 0.1) is 0 Å². The molecule has 1 aliphatic rings. The highest BCUT2D eigenvalue weighted by atomic mass is 15.3. The molecule has 0 aromatic carbocycles. The molecule has 0 aliphatic carbocycles. The Balaban J connectivity index is 2.47. The first kappa shape index (κ1) is 12.5. The Labute approximate surface area is 94.3 Å². The molecule has 2 nitrogen and oxygen atoms in total. The molecule has 0 N–H and O–H groups in total. The normalized spacial score (nSPS) is 23.9. The van der Waals surface area contributed by atoms with Crippen LogP contribution >= 0.6 is 0 Å². The van der Waals surface area contributed by atoms with Gasteiger partial charge in [-0.15, -0.1) is 13.2 Å². The summed E-state index contributed by atoms with van der Waals surface area (Å²) in [4.78, 5) is 5.04. The number of piperazine rings is 1. The average molecular weight is 208 g/mol. The van der Waals surface area contributed by atoms with Crippen molar-refractivity contribution in [3.63, 3.8) is 0 Å². The van der Waals surface area contributed by atoms with Crippen LogP contribution in [0.2, 0.25) is 0 Å². The minimum Gasteiger partial charge on any atom is -0.297 e. The summed E-state index contributed by atoms with van der Waals surface area (Å²) in [7, 11) is 0. The maximum atomic E-state index is 3.83. The van der Waals surface area contributed by atoms with Crippen molar-refractivity contribution >= 4 is 0 Å². The van der Waals surface area contributed by atoms with Crippen LogP contribution < -0.4 is 0 Å². The third-order valence-corrected chi connectivity index (χ3v) is 3.06. The minimum atomic E-state index is 0.710. The maximum absolute atomic E-state index is 3.83. The van der Waals surface area contributed by atoms with Crippen LogP contribution in [0.25, 0.3) is 0 Å². The molecule has 0 amide bonds. The van der Waals surface area contributed by atoms with Gasteiger partial charge in [0.1, 0.15) is 0 Å². The van der Waals surface area contributed by atoms with E-state index in [1.807, 2.05) is 12.2 Å². The molecule has 86 valence electrons. The summed E-state index contributed by atoms with van der Waals surface area (Å²) in [5, 5.41) is 0. The van der Waals surface area contributed by atoms with Crippen molar-refractivity contribution in [1.82, 2.24) is 9.80 Å². The Morgan fingerprint density at radius 3 is 2.53 bits per heavy atom. The highest BCUT2D eigenvalue weighted by Crippen LogP contribution is 2.14. The predicted octanol–water partition coefficient (Wildman–Crippen LogP) is 2.14. The summed E-state index contributed by atoms with van der Waals surface area (Å²) < 4.78 is 0. The second-order valence-electron chi connectivity index (χ2n) is 4.27. The van der Waals surface area contributed by atoms with Gasteiger partial charge in [0.2, 0.25) is 0 Å². The van der Waals surface area contributed by atoms with Crippen LogP contribution in [0.4, 0.5) is 0 Å². The van der Waals surface area contributed by atoms with Crippen LogP contribution in [0.1, 0.15) is 19.8 Å². The van der Waals surface area contributed by atoms with E-state index in [2.05, 4.69) is 29.9 Å². The quantitative estimate of drug-likeness (QED) is 0.617. The smallest absolute Gasteiger partial charge is 0.0227 e. The van der Waals surface area contributed by atoms with E-state index in [9.17, 15) is 0 Å². The molecule has 0 aromatic rings. The molecule has 1 heterocycles. The number of hydrogen-bond donors (Lipinski definition) is 0. The minimum absolute atomic E-state index is 0.710. The van der Waals surface area contributed by atoms with Crippen molar-refractivity contribution in [3.05, 3.63) is 25.3 Å². The molecular weight excluding hydrogens is 184 g/mol. The zero-order valence-corrected chi connectivity index (χ0v) is 9.99. The van der Waals surface area contributed by atoms with Gasteiger partial charge in [0.25, 0.3) is 0 Å². The maximum Gasteiger partial charge on any atom is 0.0227 e. The van der Waals surface area contributed by atoms with E-state index in [4.69, 9.17) is 0 Å². The molecule has 0 saturated carbocycles. The van der Waals surface area contributed by atoms with Crippen LogP contribution in [0.15, 0.2) is 25.3 Å². The van der Waals surface area contributed by atoms with Gasteiger partial charge in [0, 0.05) is 38.8 Å². The first-order valence-corrected chi connectivity index (χ1v) is 6.00. The van der Waals surface area contributed by atoms with E-state index < -0.39 is 0 Å². The SMILES string of the molecule is C=CCN1CCN(CC=C)[C@@H](CCC)C1. The van der Waals surface area contributed by atoms with Gasteiger partial charge in [0.05, 0.1) is 0 Å². The fourth-order valence-electron chi connectivity index (χ4n) is 2.32. The van der Waals surface area contributed by atoms with Gasteiger partial charge in [0.15, 0.2) is 0 Å². The summed E-state index contributed by atoms with van der Waals surface area (Å²) in [5.74, 6) is 0. The van der Waals surface area contributed by atoms with Crippen LogP contribution in [0.5, 0.6) is 0 Å². The van der Waals surface area contributed by atoms with E-state index in [0.717, 1.165) is 13.1 Å². The predicted molar refractivity (Wildman–Crippen MR) is 67.1 cm³/mol. The van der Waals surface area contributed by atoms with Crippen molar-refractivity contribution in [2.24, 2.45) is 0 Å². The van der Waals surface area contributed by atoms with E-state index in [1.54, 1.807) is 0 Å². The Kier molecular flexibility index (Phi) is 5.66. The van der Waals surface area contributed by atoms with E-state index >= 15 is 0 Å². The lowest BCUT2D eigenvalue weighted by molar-refractivity contribution is 0.0860. The lowest BCUT2D eigenvalue weighted by Crippen LogP contribution is -2.52. The molecule has 0 spiro atoms. The standard InChI is InChI=1S/C13H24N2/c1-4-7-13-12-14(8-5-2)10-11-15(13)9-6-3/h5-6,13H,2-4,7-12H2,1H3/t13-/m0/s1. The van der Waals surface area contributed by atoms with Gasteiger partial charge < -0.3 is 0 Å². The highest BCUT2D eigenvalue weighted by molar-refractivity contribution is 4.88. The van der Waals surface area contributed by atoms with E-state index in [1.165, 1.54) is 32.5 Å². The zero-order valence-electron chi connectivity index (χ0n) is 9.99. The molecule has 1 aliphatic heterocycles. The fraction of sp³-hybridized carbons (Fsp3) is 0.692. The first-order chi connectivity index (χ1) is 7.31. The van der Waals surface area contributed by atoms with E-state index in [0.29, 0.717) is 6.04 Å². The first-order valence-electron chi connectivity index (χ1n) is 6.00. The van der Waals surface area contributed by atoms with Crippen LogP contribution in [-0.2, 0) is 0 Å². The van der Waals surface area contributed by atoms with Gasteiger partial charge in [-0.05, 0) is 6.42 Å². The van der Waals surface area contributed by atoms with Crippen molar-refractivity contribution < 1.29 is 0 Å². The molecule has 1 rings (SSSR count). The molecule has 1 fully saturated rings. The lowest BCUT2D eigenvalue weighted by atomic mass is 10.1. The van der Waals surface area contributed by atoms with Crippen molar-refractivity contribution in [1.29, 1.82) is 0 Å². The molecule has 0 bridgehead atoms. The van der Waals surface area contributed by atoms with Gasteiger partial charge in [-0.2, -0.15) is 0 Å². The molecule has 0 aromatic heterocycles. The molecule has 2 heteroatoms. The molecule has 0 radical (unpaired) electrons. The van der Waals surface area contributed by atoms with Crippen LogP contribution in [-0.4, -0.2) is 48.6 Å². The van der Waals surface area contributed by atoms with Gasteiger partial charge in [-0.25, -0.2) is 0 Å². The summed E-state index contributed by atoms with van der Waals surface area (Å²) >= 11 is 0. The summed E-state index contributed by atoms with van der Waals surface area (Å²) in [5.41, 5.74) is 0. The lowest BCUT2D eigenvalue weighted by Gasteiger charge is -2.40. The second kappa shape index (κ2) is 6.81. The van der Waals surface area contributed by atoms with Crippen molar-refractivity contribution in [2.45, 2.75) is 25.8 Å². The molecule has 0 unspecified atom stereocenters. The Bertz CT molecular complexity index is 201. The zero-order chi connectivity index (χ0) is 11.1. The summed E-state index contributed by atoms with van der Waals surface area (Å²) in [6.07, 6.45) is 6.58. The summed E-state index contributed by atoms with van der Waals surface area (Å²) in [6, 6.07) is 0.710. The third kappa shape index (κ3) is 3.80. The highest BCUT2D eigenvalue weighted by Gasteiger charge is 2.24. The second-order valence-corrected chi connectivity index (χ2v) is 4.27. The number of hydrogen-bond acceptors (Lipinski definition) is 2. The molecule has 1 atom stereocenters. The summed E-state index contributed by atoms with van der Waals surface area (Å²) in [6.45, 7) is 15.5. The molecular formula is C13H24N2. The van der Waals surface area contributed by atoms with Gasteiger partial charge in [-0.1, -0.05) is 25.5 Å². The molecule has 15 heavy (non-hydrogen) atoms. The topological polar surface area (TPSA) is 6.48 Å². The Hall–Kier alpha value is -0.600. The van der Waals surface area contributed by atoms with E-state index in [-0.39, 0.29) is 0 Å². The molecule has 1 saturated heterocycles. The fourth-order valence-corrected chi connectivity index (χ4v) is 2.32. The number of rotatable bonds is 6. The monoisotopic (exact) mass is 208 g/mol. The van der Waals surface area contributed by atoms with Crippen molar-refractivity contribution in [3.8, 4) is 0 Å².